The van der Waals surface area contributed by atoms with E-state index < -0.39 is 0 Å². The second kappa shape index (κ2) is 5.31. The number of aromatic nitrogens is 3. The van der Waals surface area contributed by atoms with Crippen LogP contribution in [0.25, 0.3) is 11.5 Å². The molecule has 1 saturated heterocycles. The Morgan fingerprint density at radius 3 is 2.83 bits per heavy atom. The van der Waals surface area contributed by atoms with E-state index in [9.17, 15) is 0 Å². The van der Waals surface area contributed by atoms with Crippen LogP contribution in [0.4, 0.5) is 0 Å². The van der Waals surface area contributed by atoms with Crippen molar-refractivity contribution in [3.05, 3.63) is 36.8 Å². The number of hydrogen-bond donors (Lipinski definition) is 0. The molecule has 0 amide bonds. The number of imidazole rings is 1. The maximum absolute atomic E-state index is 5.40. The van der Waals surface area contributed by atoms with Gasteiger partial charge in [0.2, 0.25) is 0 Å². The van der Waals surface area contributed by atoms with Crippen LogP contribution in [0.2, 0.25) is 0 Å². The summed E-state index contributed by atoms with van der Waals surface area (Å²) in [7, 11) is 0. The maximum atomic E-state index is 5.40. The Labute approximate surface area is 107 Å². The van der Waals surface area contributed by atoms with E-state index in [0.717, 1.165) is 44.1 Å². The third kappa shape index (κ3) is 2.43. The molecule has 0 unspecified atom stereocenters. The van der Waals surface area contributed by atoms with Gasteiger partial charge in [0.25, 0.3) is 0 Å². The van der Waals surface area contributed by atoms with E-state index in [2.05, 4.69) is 14.5 Å². The van der Waals surface area contributed by atoms with Gasteiger partial charge in [-0.2, -0.15) is 0 Å². The highest BCUT2D eigenvalue weighted by atomic mass is 16.5. The maximum Gasteiger partial charge on any atom is 0.158 e. The van der Waals surface area contributed by atoms with Gasteiger partial charge in [0.1, 0.15) is 5.69 Å². The van der Waals surface area contributed by atoms with Crippen molar-refractivity contribution in [3.8, 4) is 11.5 Å². The molecule has 0 spiro atoms. The zero-order valence-electron chi connectivity index (χ0n) is 10.3. The zero-order valence-corrected chi connectivity index (χ0v) is 10.3. The van der Waals surface area contributed by atoms with E-state index in [4.69, 9.17) is 4.74 Å². The van der Waals surface area contributed by atoms with E-state index in [1.165, 1.54) is 0 Å². The van der Waals surface area contributed by atoms with Crippen LogP contribution in [0, 0.1) is 5.92 Å². The Morgan fingerprint density at radius 2 is 2.06 bits per heavy atom. The summed E-state index contributed by atoms with van der Waals surface area (Å²) in [6.07, 6.45) is 7.98. The molecule has 0 bridgehead atoms. The molecular weight excluding hydrogens is 226 g/mol. The lowest BCUT2D eigenvalue weighted by atomic mass is 10.0. The SMILES string of the molecule is c1ccc(-c2nccn2CC2CCOCC2)nc1. The number of pyridine rings is 1. The van der Waals surface area contributed by atoms with E-state index in [0.29, 0.717) is 5.92 Å². The average molecular weight is 243 g/mol. The summed E-state index contributed by atoms with van der Waals surface area (Å²) < 4.78 is 7.60. The quantitative estimate of drug-likeness (QED) is 0.831. The van der Waals surface area contributed by atoms with Crippen molar-refractivity contribution in [3.63, 3.8) is 0 Å². The standard InChI is InChI=1S/C14H17N3O/c1-2-6-15-13(3-1)14-16-7-8-17(14)11-12-4-9-18-10-5-12/h1-3,6-8,12H,4-5,9-11H2. The number of nitrogens with zero attached hydrogens (tertiary/aromatic N) is 3. The average Bonchev–Trinajstić information content (AvgIpc) is 2.89. The fourth-order valence-electron chi connectivity index (χ4n) is 2.39. The van der Waals surface area contributed by atoms with Crippen molar-refractivity contribution in [1.82, 2.24) is 14.5 Å². The number of ether oxygens (including phenoxy) is 1. The van der Waals surface area contributed by atoms with Crippen LogP contribution in [0.3, 0.4) is 0 Å². The van der Waals surface area contributed by atoms with Crippen molar-refractivity contribution in [2.24, 2.45) is 5.92 Å². The second-order valence-corrected chi connectivity index (χ2v) is 4.67. The molecule has 1 aliphatic heterocycles. The molecule has 18 heavy (non-hydrogen) atoms. The molecule has 1 aliphatic rings. The Kier molecular flexibility index (Phi) is 3.37. The molecule has 0 aromatic carbocycles. The first-order valence-electron chi connectivity index (χ1n) is 6.44. The van der Waals surface area contributed by atoms with Crippen LogP contribution in [0.5, 0.6) is 0 Å². The normalized spacial score (nSPS) is 16.9. The second-order valence-electron chi connectivity index (χ2n) is 4.67. The Bertz CT molecular complexity index is 489. The molecule has 94 valence electrons. The Morgan fingerprint density at radius 1 is 1.17 bits per heavy atom. The molecule has 2 aromatic heterocycles. The van der Waals surface area contributed by atoms with E-state index in [1.807, 2.05) is 36.8 Å². The van der Waals surface area contributed by atoms with Gasteiger partial charge in [-0.05, 0) is 30.9 Å². The van der Waals surface area contributed by atoms with E-state index in [-0.39, 0.29) is 0 Å². The fraction of sp³-hybridized carbons (Fsp3) is 0.429. The van der Waals surface area contributed by atoms with Crippen LogP contribution >= 0.6 is 0 Å². The van der Waals surface area contributed by atoms with Crippen LogP contribution in [-0.2, 0) is 11.3 Å². The highest BCUT2D eigenvalue weighted by Gasteiger charge is 2.16. The van der Waals surface area contributed by atoms with Crippen molar-refractivity contribution in [2.45, 2.75) is 19.4 Å². The molecule has 4 nitrogen and oxygen atoms in total. The van der Waals surface area contributed by atoms with Gasteiger partial charge < -0.3 is 9.30 Å². The summed E-state index contributed by atoms with van der Waals surface area (Å²) in [6, 6.07) is 5.92. The highest BCUT2D eigenvalue weighted by Crippen LogP contribution is 2.20. The fourth-order valence-corrected chi connectivity index (χ4v) is 2.39. The summed E-state index contributed by atoms with van der Waals surface area (Å²) in [4.78, 5) is 8.79. The summed E-state index contributed by atoms with van der Waals surface area (Å²) in [5.74, 6) is 1.65. The molecule has 3 rings (SSSR count). The monoisotopic (exact) mass is 243 g/mol. The lowest BCUT2D eigenvalue weighted by Gasteiger charge is -2.22. The Balaban J connectivity index is 1.79. The zero-order chi connectivity index (χ0) is 12.2. The van der Waals surface area contributed by atoms with E-state index >= 15 is 0 Å². The largest absolute Gasteiger partial charge is 0.381 e. The molecule has 0 atom stereocenters. The predicted molar refractivity (Wildman–Crippen MR) is 69.0 cm³/mol. The van der Waals surface area contributed by atoms with Crippen LogP contribution in [-0.4, -0.2) is 27.7 Å². The van der Waals surface area contributed by atoms with Crippen molar-refractivity contribution in [2.75, 3.05) is 13.2 Å². The molecular formula is C14H17N3O. The topological polar surface area (TPSA) is 39.9 Å². The molecule has 0 radical (unpaired) electrons. The number of hydrogen-bond acceptors (Lipinski definition) is 3. The van der Waals surface area contributed by atoms with Crippen molar-refractivity contribution < 1.29 is 4.74 Å². The lowest BCUT2D eigenvalue weighted by Crippen LogP contribution is -2.20. The third-order valence-electron chi connectivity index (χ3n) is 3.41. The summed E-state index contributed by atoms with van der Waals surface area (Å²) in [5, 5.41) is 0. The van der Waals surface area contributed by atoms with Crippen LogP contribution < -0.4 is 0 Å². The molecule has 2 aromatic rings. The molecule has 3 heterocycles. The molecule has 0 N–H and O–H groups in total. The lowest BCUT2D eigenvalue weighted by molar-refractivity contribution is 0.0614. The van der Waals surface area contributed by atoms with E-state index in [1.54, 1.807) is 0 Å². The minimum atomic E-state index is 0.690. The molecule has 1 fully saturated rings. The van der Waals surface area contributed by atoms with Gasteiger partial charge in [0.05, 0.1) is 0 Å². The predicted octanol–water partition coefficient (Wildman–Crippen LogP) is 2.37. The minimum Gasteiger partial charge on any atom is -0.381 e. The minimum absolute atomic E-state index is 0.690. The molecule has 0 saturated carbocycles. The van der Waals surface area contributed by atoms with Gasteiger partial charge in [-0.3, -0.25) is 4.98 Å². The highest BCUT2D eigenvalue weighted by molar-refractivity contribution is 5.48. The van der Waals surface area contributed by atoms with Gasteiger partial charge in [0, 0.05) is 38.3 Å². The van der Waals surface area contributed by atoms with Gasteiger partial charge >= 0.3 is 0 Å². The molecule has 4 heteroatoms. The van der Waals surface area contributed by atoms with Crippen LogP contribution in [0.15, 0.2) is 36.8 Å². The van der Waals surface area contributed by atoms with Crippen molar-refractivity contribution in [1.29, 1.82) is 0 Å². The smallest absolute Gasteiger partial charge is 0.158 e. The van der Waals surface area contributed by atoms with Gasteiger partial charge in [-0.25, -0.2) is 4.98 Å². The van der Waals surface area contributed by atoms with Gasteiger partial charge in [-0.1, -0.05) is 6.07 Å². The summed E-state index contributed by atoms with van der Waals surface area (Å²) >= 11 is 0. The first-order valence-corrected chi connectivity index (χ1v) is 6.44. The van der Waals surface area contributed by atoms with Crippen LogP contribution in [0.1, 0.15) is 12.8 Å². The Hall–Kier alpha value is -1.68. The number of rotatable bonds is 3. The molecule has 0 aliphatic carbocycles. The summed E-state index contributed by atoms with van der Waals surface area (Å²) in [6.45, 7) is 2.78. The van der Waals surface area contributed by atoms with Gasteiger partial charge in [0.15, 0.2) is 5.82 Å². The van der Waals surface area contributed by atoms with Crippen molar-refractivity contribution >= 4 is 0 Å². The van der Waals surface area contributed by atoms with Gasteiger partial charge in [-0.15, -0.1) is 0 Å². The first-order chi connectivity index (χ1) is 8.93. The summed E-state index contributed by atoms with van der Waals surface area (Å²) in [5.41, 5.74) is 0.939. The third-order valence-corrected chi connectivity index (χ3v) is 3.41. The first kappa shape index (κ1) is 11.4.